The van der Waals surface area contributed by atoms with Crippen LogP contribution >= 0.6 is 0 Å². The summed E-state index contributed by atoms with van der Waals surface area (Å²) in [6.07, 6.45) is 5.96. The van der Waals surface area contributed by atoms with Crippen LogP contribution in [0.1, 0.15) is 77.7 Å². The van der Waals surface area contributed by atoms with Gasteiger partial charge in [0.1, 0.15) is 5.69 Å². The van der Waals surface area contributed by atoms with Gasteiger partial charge in [0.05, 0.1) is 36.0 Å². The molecular weight excluding hydrogens is 590 g/mol. The SMILES string of the molecule is C[C@@H]1[C@H](CN2CCC[C@H]2CN2CCCC2)O[C@H](c2ccc(CNC(=O)c3cnc4ccccc4n3)cc2)O[C@@H]1c1ccc(CO)cc1. The summed E-state index contributed by atoms with van der Waals surface area (Å²) in [6, 6.07) is 24.3. The predicted molar refractivity (Wildman–Crippen MR) is 180 cm³/mol. The van der Waals surface area contributed by atoms with Gasteiger partial charge in [-0.15, -0.1) is 0 Å². The van der Waals surface area contributed by atoms with E-state index >= 15 is 0 Å². The lowest BCUT2D eigenvalue weighted by atomic mass is 9.90. The number of carbonyl (C=O) groups is 1. The van der Waals surface area contributed by atoms with Gasteiger partial charge in [-0.3, -0.25) is 14.7 Å². The Kier molecular flexibility index (Phi) is 9.88. The van der Waals surface area contributed by atoms with Crippen LogP contribution in [0.2, 0.25) is 0 Å². The Morgan fingerprint density at radius 3 is 2.36 bits per heavy atom. The van der Waals surface area contributed by atoms with Gasteiger partial charge in [-0.25, -0.2) is 4.98 Å². The van der Waals surface area contributed by atoms with E-state index in [0.29, 0.717) is 23.8 Å². The van der Waals surface area contributed by atoms with Gasteiger partial charge in [-0.1, -0.05) is 67.6 Å². The Morgan fingerprint density at radius 1 is 0.872 bits per heavy atom. The molecule has 3 aliphatic heterocycles. The number of aromatic nitrogens is 2. The molecule has 3 saturated heterocycles. The highest BCUT2D eigenvalue weighted by molar-refractivity contribution is 5.93. The van der Waals surface area contributed by atoms with Crippen molar-refractivity contribution in [1.29, 1.82) is 0 Å². The number of benzene rings is 3. The highest BCUT2D eigenvalue weighted by Gasteiger charge is 2.40. The van der Waals surface area contributed by atoms with Crippen molar-refractivity contribution in [3.8, 4) is 0 Å². The van der Waals surface area contributed by atoms with Crippen molar-refractivity contribution in [3.05, 3.63) is 107 Å². The number of aliphatic hydroxyl groups is 1. The molecule has 3 aliphatic rings. The number of hydrogen-bond donors (Lipinski definition) is 2. The minimum absolute atomic E-state index is 0.00234. The summed E-state index contributed by atoms with van der Waals surface area (Å²) in [5.41, 5.74) is 5.65. The summed E-state index contributed by atoms with van der Waals surface area (Å²) < 4.78 is 13.5. The molecule has 47 heavy (non-hydrogen) atoms. The van der Waals surface area contributed by atoms with Gasteiger partial charge in [0.2, 0.25) is 0 Å². The van der Waals surface area contributed by atoms with Crippen LogP contribution in [0.25, 0.3) is 11.0 Å². The molecule has 3 fully saturated rings. The summed E-state index contributed by atoms with van der Waals surface area (Å²) >= 11 is 0. The maximum absolute atomic E-state index is 12.8. The van der Waals surface area contributed by atoms with Gasteiger partial charge in [-0.2, -0.15) is 0 Å². The second kappa shape index (κ2) is 14.6. The van der Waals surface area contributed by atoms with Crippen LogP contribution in [0.5, 0.6) is 0 Å². The first-order chi connectivity index (χ1) is 23.0. The summed E-state index contributed by atoms with van der Waals surface area (Å²) in [4.78, 5) is 26.9. The zero-order valence-corrected chi connectivity index (χ0v) is 27.1. The molecule has 0 bridgehead atoms. The monoisotopic (exact) mass is 635 g/mol. The second-order valence-electron chi connectivity index (χ2n) is 13.3. The van der Waals surface area contributed by atoms with Gasteiger partial charge in [-0.05, 0) is 74.1 Å². The van der Waals surface area contributed by atoms with E-state index in [1.165, 1.54) is 45.0 Å². The zero-order chi connectivity index (χ0) is 32.2. The van der Waals surface area contributed by atoms with E-state index in [-0.39, 0.29) is 30.6 Å². The number of ether oxygens (including phenoxy) is 2. The zero-order valence-electron chi connectivity index (χ0n) is 27.1. The van der Waals surface area contributed by atoms with E-state index in [9.17, 15) is 9.90 Å². The molecule has 1 aromatic heterocycles. The molecule has 9 nitrogen and oxygen atoms in total. The Labute approximate surface area is 276 Å². The van der Waals surface area contributed by atoms with Crippen LogP contribution in [0.3, 0.4) is 0 Å². The van der Waals surface area contributed by atoms with Crippen molar-refractivity contribution in [2.45, 2.75) is 70.3 Å². The van der Waals surface area contributed by atoms with E-state index in [2.05, 4.69) is 44.1 Å². The van der Waals surface area contributed by atoms with Crippen LogP contribution in [0, 0.1) is 5.92 Å². The van der Waals surface area contributed by atoms with Crippen LogP contribution in [0.4, 0.5) is 0 Å². The molecule has 4 heterocycles. The van der Waals surface area contributed by atoms with Crippen LogP contribution in [-0.4, -0.2) is 75.7 Å². The lowest BCUT2D eigenvalue weighted by molar-refractivity contribution is -0.276. The number of fused-ring (bicyclic) bond motifs is 1. The number of likely N-dealkylation sites (tertiary alicyclic amines) is 2. The predicted octanol–water partition coefficient (Wildman–Crippen LogP) is 5.40. The van der Waals surface area contributed by atoms with E-state index < -0.39 is 6.29 Å². The van der Waals surface area contributed by atoms with Crippen molar-refractivity contribution in [3.63, 3.8) is 0 Å². The van der Waals surface area contributed by atoms with Crippen molar-refractivity contribution >= 4 is 16.9 Å². The number of nitrogens with one attached hydrogen (secondary N) is 1. The average molecular weight is 636 g/mol. The molecule has 0 spiro atoms. The first-order valence-corrected chi connectivity index (χ1v) is 17.1. The van der Waals surface area contributed by atoms with E-state index in [1.807, 2.05) is 60.7 Å². The highest BCUT2D eigenvalue weighted by Crippen LogP contribution is 2.42. The number of amides is 1. The van der Waals surface area contributed by atoms with E-state index in [1.54, 1.807) is 0 Å². The van der Waals surface area contributed by atoms with Crippen molar-refractivity contribution < 1.29 is 19.4 Å². The van der Waals surface area contributed by atoms with Crippen LogP contribution < -0.4 is 5.32 Å². The molecule has 0 saturated carbocycles. The number of para-hydroxylation sites is 2. The van der Waals surface area contributed by atoms with Crippen LogP contribution in [0.15, 0.2) is 79.0 Å². The maximum Gasteiger partial charge on any atom is 0.271 e. The Hall–Kier alpha value is -3.73. The molecule has 0 aliphatic carbocycles. The second-order valence-corrected chi connectivity index (χ2v) is 13.3. The van der Waals surface area contributed by atoms with E-state index in [0.717, 1.165) is 47.4 Å². The molecule has 246 valence electrons. The summed E-state index contributed by atoms with van der Waals surface area (Å²) in [5.74, 6) is -0.116. The fourth-order valence-electron chi connectivity index (χ4n) is 7.30. The molecular formula is C38H45N5O4. The Morgan fingerprint density at radius 2 is 1.60 bits per heavy atom. The third kappa shape index (κ3) is 7.40. The van der Waals surface area contributed by atoms with Gasteiger partial charge < -0.3 is 24.8 Å². The molecule has 3 aromatic carbocycles. The quantitative estimate of drug-likeness (QED) is 0.239. The molecule has 0 unspecified atom stereocenters. The molecule has 4 aromatic rings. The van der Waals surface area contributed by atoms with Gasteiger partial charge in [0.15, 0.2) is 6.29 Å². The average Bonchev–Trinajstić information content (AvgIpc) is 3.80. The first-order valence-electron chi connectivity index (χ1n) is 17.1. The molecule has 9 heteroatoms. The molecule has 7 rings (SSSR count). The first kappa shape index (κ1) is 31.8. The minimum atomic E-state index is -0.519. The van der Waals surface area contributed by atoms with Crippen LogP contribution in [-0.2, 0) is 22.6 Å². The molecule has 0 radical (unpaired) electrons. The number of aliphatic hydroxyl groups excluding tert-OH is 1. The fraction of sp³-hybridized carbons (Fsp3) is 0.447. The third-order valence-electron chi connectivity index (χ3n) is 10.1. The topological polar surface area (TPSA) is 100 Å². The standard InChI is InChI=1S/C38H45N5O4/c1-26-35(24-43-20-6-7-31(43)23-42-18-4-5-19-42)46-38(47-36(26)29-14-12-28(25-44)13-15-29)30-16-10-27(11-17-30)21-40-37(45)34-22-39-32-8-2-3-9-33(32)41-34/h2-3,8-17,22,26,31,35-36,38,44H,4-7,18-21,23-25H2,1H3,(H,40,45)/t26-,31+,35+,36+,38+/m1/s1. The van der Waals surface area contributed by atoms with Gasteiger partial charge in [0.25, 0.3) is 5.91 Å². The van der Waals surface area contributed by atoms with Crippen molar-refractivity contribution in [1.82, 2.24) is 25.1 Å². The molecule has 2 N–H and O–H groups in total. The number of hydrogen-bond acceptors (Lipinski definition) is 8. The fourth-order valence-corrected chi connectivity index (χ4v) is 7.30. The number of nitrogens with zero attached hydrogens (tertiary/aromatic N) is 4. The van der Waals surface area contributed by atoms with Crippen molar-refractivity contribution in [2.24, 2.45) is 5.92 Å². The largest absolute Gasteiger partial charge is 0.392 e. The lowest BCUT2D eigenvalue weighted by Crippen LogP contribution is -2.48. The van der Waals surface area contributed by atoms with Crippen molar-refractivity contribution in [2.75, 3.05) is 32.7 Å². The van der Waals surface area contributed by atoms with E-state index in [4.69, 9.17) is 9.47 Å². The van der Waals surface area contributed by atoms with Gasteiger partial charge in [0, 0.05) is 37.2 Å². The molecule has 1 amide bonds. The Bertz CT molecular complexity index is 1640. The summed E-state index contributed by atoms with van der Waals surface area (Å²) in [5, 5.41) is 12.6. The number of rotatable bonds is 10. The summed E-state index contributed by atoms with van der Waals surface area (Å²) in [6.45, 7) is 8.21. The summed E-state index contributed by atoms with van der Waals surface area (Å²) in [7, 11) is 0. The lowest BCUT2D eigenvalue weighted by Gasteiger charge is -2.43. The van der Waals surface area contributed by atoms with Gasteiger partial charge >= 0.3 is 0 Å². The molecule has 5 atom stereocenters. The number of carbonyl (C=O) groups excluding carboxylic acids is 1. The smallest absolute Gasteiger partial charge is 0.271 e. The highest BCUT2D eigenvalue weighted by atomic mass is 16.7. The maximum atomic E-state index is 12.8. The minimum Gasteiger partial charge on any atom is -0.392 e. The Balaban J connectivity index is 1.04. The third-order valence-corrected chi connectivity index (χ3v) is 10.1. The normalized spacial score (nSPS) is 25.4.